The van der Waals surface area contributed by atoms with Gasteiger partial charge in [0.05, 0.1) is 5.25 Å². The summed E-state index contributed by atoms with van der Waals surface area (Å²) < 4.78 is 32.2. The second-order valence-electron chi connectivity index (χ2n) is 6.24. The van der Waals surface area contributed by atoms with Gasteiger partial charge >= 0.3 is 6.09 Å². The summed E-state index contributed by atoms with van der Waals surface area (Å²) in [5.41, 5.74) is 0.680. The Labute approximate surface area is 136 Å². The van der Waals surface area contributed by atoms with E-state index in [-0.39, 0.29) is 17.4 Å². The average molecular weight is 338 g/mol. The molecular formula is C16H22N2O4S. The van der Waals surface area contributed by atoms with Gasteiger partial charge in [-0.1, -0.05) is 18.2 Å². The topological polar surface area (TPSA) is 84.5 Å². The van der Waals surface area contributed by atoms with Crippen LogP contribution in [0.15, 0.2) is 30.3 Å². The maximum absolute atomic E-state index is 12.0. The number of anilines is 1. The number of hydrogen-bond acceptors (Lipinski definition) is 4. The van der Waals surface area contributed by atoms with Crippen molar-refractivity contribution in [3.05, 3.63) is 30.3 Å². The van der Waals surface area contributed by atoms with Crippen molar-refractivity contribution in [3.63, 3.8) is 0 Å². The molecule has 0 aliphatic heterocycles. The lowest BCUT2D eigenvalue weighted by atomic mass is 9.94. The number of hydrogen-bond donors (Lipinski definition) is 2. The molecule has 1 aromatic rings. The molecule has 2 N–H and O–H groups in total. The Bertz CT molecular complexity index is 643. The first-order valence-electron chi connectivity index (χ1n) is 8.07. The molecule has 7 heteroatoms. The number of benzene rings is 1. The molecule has 0 radical (unpaired) electrons. The normalized spacial score (nSPS) is 24.9. The van der Waals surface area contributed by atoms with E-state index in [2.05, 4.69) is 10.0 Å². The van der Waals surface area contributed by atoms with E-state index >= 15 is 0 Å². The summed E-state index contributed by atoms with van der Waals surface area (Å²) in [6.07, 6.45) is 3.71. The summed E-state index contributed by atoms with van der Waals surface area (Å²) in [6.45, 7) is 0. The second kappa shape index (κ2) is 6.88. The number of para-hydroxylation sites is 1. The molecule has 0 spiro atoms. The SMILES string of the molecule is O=C(Nc1ccccc1)OC1CCCC(NS(=O)(=O)C2CC2)C1. The van der Waals surface area contributed by atoms with Gasteiger partial charge in [0.1, 0.15) is 6.10 Å². The van der Waals surface area contributed by atoms with Crippen LogP contribution >= 0.6 is 0 Å². The fraction of sp³-hybridized carbons (Fsp3) is 0.562. The van der Waals surface area contributed by atoms with Crippen molar-refractivity contribution in [1.29, 1.82) is 0 Å². The van der Waals surface area contributed by atoms with E-state index in [1.807, 2.05) is 18.2 Å². The highest BCUT2D eigenvalue weighted by atomic mass is 32.2. The van der Waals surface area contributed by atoms with Crippen LogP contribution in [0.3, 0.4) is 0 Å². The van der Waals surface area contributed by atoms with E-state index in [1.54, 1.807) is 12.1 Å². The monoisotopic (exact) mass is 338 g/mol. The third-order valence-electron chi connectivity index (χ3n) is 4.21. The zero-order valence-corrected chi connectivity index (χ0v) is 13.7. The molecule has 2 aliphatic rings. The summed E-state index contributed by atoms with van der Waals surface area (Å²) in [7, 11) is -3.19. The number of sulfonamides is 1. The Kier molecular flexibility index (Phi) is 4.87. The molecule has 3 rings (SSSR count). The molecule has 2 fully saturated rings. The van der Waals surface area contributed by atoms with E-state index in [9.17, 15) is 13.2 Å². The number of carbonyl (C=O) groups excluding carboxylic acids is 1. The van der Waals surface area contributed by atoms with Crippen LogP contribution in [-0.2, 0) is 14.8 Å². The number of rotatable bonds is 5. The summed E-state index contributed by atoms with van der Waals surface area (Å²) in [5, 5.41) is 2.46. The largest absolute Gasteiger partial charge is 0.446 e. The van der Waals surface area contributed by atoms with Crippen LogP contribution in [0.25, 0.3) is 0 Å². The van der Waals surface area contributed by atoms with Crippen molar-refractivity contribution in [2.24, 2.45) is 0 Å². The summed E-state index contributed by atoms with van der Waals surface area (Å²) in [4.78, 5) is 11.9. The van der Waals surface area contributed by atoms with Crippen molar-refractivity contribution < 1.29 is 17.9 Å². The number of ether oxygens (including phenoxy) is 1. The lowest BCUT2D eigenvalue weighted by Crippen LogP contribution is -2.42. The molecule has 1 amide bonds. The van der Waals surface area contributed by atoms with E-state index in [4.69, 9.17) is 4.74 Å². The molecule has 2 atom stereocenters. The zero-order chi connectivity index (χ0) is 16.3. The molecule has 126 valence electrons. The molecule has 0 aromatic heterocycles. The highest BCUT2D eigenvalue weighted by molar-refractivity contribution is 7.90. The number of nitrogens with one attached hydrogen (secondary N) is 2. The number of carbonyl (C=O) groups is 1. The molecule has 0 bridgehead atoms. The lowest BCUT2D eigenvalue weighted by molar-refractivity contribution is 0.0793. The molecule has 6 nitrogen and oxygen atoms in total. The van der Waals surface area contributed by atoms with Crippen LogP contribution in [0, 0.1) is 0 Å². The van der Waals surface area contributed by atoms with E-state index < -0.39 is 16.1 Å². The fourth-order valence-corrected chi connectivity index (χ4v) is 4.51. The van der Waals surface area contributed by atoms with Gasteiger partial charge in [0.25, 0.3) is 0 Å². The van der Waals surface area contributed by atoms with Crippen LogP contribution in [0.4, 0.5) is 10.5 Å². The van der Waals surface area contributed by atoms with Crippen LogP contribution in [0.2, 0.25) is 0 Å². The summed E-state index contributed by atoms with van der Waals surface area (Å²) in [5.74, 6) is 0. The first kappa shape index (κ1) is 16.3. The number of amides is 1. The average Bonchev–Trinajstić information content (AvgIpc) is 3.33. The van der Waals surface area contributed by atoms with Crippen molar-refractivity contribution in [2.75, 3.05) is 5.32 Å². The van der Waals surface area contributed by atoms with E-state index in [1.165, 1.54) is 0 Å². The maximum atomic E-state index is 12.0. The first-order valence-corrected chi connectivity index (χ1v) is 9.61. The van der Waals surface area contributed by atoms with Crippen molar-refractivity contribution in [2.45, 2.75) is 55.9 Å². The first-order chi connectivity index (χ1) is 11.0. The molecule has 2 aliphatic carbocycles. The van der Waals surface area contributed by atoms with E-state index in [0.29, 0.717) is 12.1 Å². The van der Waals surface area contributed by atoms with Crippen LogP contribution < -0.4 is 10.0 Å². The zero-order valence-electron chi connectivity index (χ0n) is 12.9. The molecule has 2 unspecified atom stereocenters. The Balaban J connectivity index is 1.49. The molecule has 1 aromatic carbocycles. The fourth-order valence-electron chi connectivity index (χ4n) is 2.89. The van der Waals surface area contributed by atoms with Gasteiger partial charge in [0.15, 0.2) is 0 Å². The Hall–Kier alpha value is -1.60. The van der Waals surface area contributed by atoms with Gasteiger partial charge in [0.2, 0.25) is 10.0 Å². The molecule has 2 saturated carbocycles. The van der Waals surface area contributed by atoms with Gasteiger partial charge in [0, 0.05) is 18.2 Å². The Morgan fingerprint density at radius 2 is 1.83 bits per heavy atom. The third-order valence-corrected chi connectivity index (χ3v) is 6.23. The predicted octanol–water partition coefficient (Wildman–Crippen LogP) is 2.63. The van der Waals surface area contributed by atoms with Gasteiger partial charge in [-0.3, -0.25) is 5.32 Å². The molecular weight excluding hydrogens is 316 g/mol. The summed E-state index contributed by atoms with van der Waals surface area (Å²) >= 11 is 0. The van der Waals surface area contributed by atoms with Gasteiger partial charge in [-0.15, -0.1) is 0 Å². The van der Waals surface area contributed by atoms with Crippen molar-refractivity contribution in [3.8, 4) is 0 Å². The maximum Gasteiger partial charge on any atom is 0.411 e. The van der Waals surface area contributed by atoms with Gasteiger partial charge in [-0.2, -0.15) is 0 Å². The quantitative estimate of drug-likeness (QED) is 0.864. The van der Waals surface area contributed by atoms with Gasteiger partial charge < -0.3 is 4.74 Å². The highest BCUT2D eigenvalue weighted by Gasteiger charge is 2.38. The highest BCUT2D eigenvalue weighted by Crippen LogP contribution is 2.29. The Morgan fingerprint density at radius 3 is 2.52 bits per heavy atom. The van der Waals surface area contributed by atoms with Crippen LogP contribution in [-0.4, -0.2) is 31.9 Å². The van der Waals surface area contributed by atoms with Crippen LogP contribution in [0.5, 0.6) is 0 Å². The van der Waals surface area contributed by atoms with Gasteiger partial charge in [-0.05, 0) is 44.2 Å². The minimum absolute atomic E-state index is 0.135. The van der Waals surface area contributed by atoms with Gasteiger partial charge in [-0.25, -0.2) is 17.9 Å². The Morgan fingerprint density at radius 1 is 1.09 bits per heavy atom. The van der Waals surface area contributed by atoms with Crippen LogP contribution in [0.1, 0.15) is 38.5 Å². The third kappa shape index (κ3) is 4.68. The van der Waals surface area contributed by atoms with E-state index in [0.717, 1.165) is 32.1 Å². The second-order valence-corrected chi connectivity index (χ2v) is 8.24. The smallest absolute Gasteiger partial charge is 0.411 e. The molecule has 23 heavy (non-hydrogen) atoms. The lowest BCUT2D eigenvalue weighted by Gasteiger charge is -2.29. The standard InChI is InChI=1S/C16H22N2O4S/c19-16(17-12-5-2-1-3-6-12)22-14-8-4-7-13(11-14)18-23(20,21)15-9-10-15/h1-3,5-6,13-15,18H,4,7-11H2,(H,17,19). The van der Waals surface area contributed by atoms with Crippen molar-refractivity contribution >= 4 is 21.8 Å². The predicted molar refractivity (Wildman–Crippen MR) is 87.7 cm³/mol. The molecule has 0 heterocycles. The summed E-state index contributed by atoms with van der Waals surface area (Å²) in [6, 6.07) is 8.97. The van der Waals surface area contributed by atoms with Crippen molar-refractivity contribution in [1.82, 2.24) is 4.72 Å². The molecule has 0 saturated heterocycles. The minimum Gasteiger partial charge on any atom is -0.446 e. The minimum atomic E-state index is -3.19.